The Bertz CT molecular complexity index is 502. The SMILES string of the molecule is CCC(OC)C(O)c1cc2cccc(F)c2o1. The second kappa shape index (κ2) is 4.85. The number of para-hydroxylation sites is 1. The lowest BCUT2D eigenvalue weighted by molar-refractivity contribution is -0.0243. The molecule has 1 aromatic heterocycles. The van der Waals surface area contributed by atoms with Crippen LogP contribution in [0.25, 0.3) is 11.0 Å². The van der Waals surface area contributed by atoms with Gasteiger partial charge in [0.05, 0.1) is 6.10 Å². The van der Waals surface area contributed by atoms with Gasteiger partial charge in [0.15, 0.2) is 11.4 Å². The fourth-order valence-electron chi connectivity index (χ4n) is 1.90. The third-order valence-electron chi connectivity index (χ3n) is 2.86. The van der Waals surface area contributed by atoms with Crippen LogP contribution < -0.4 is 0 Å². The van der Waals surface area contributed by atoms with Crippen LogP contribution in [0.4, 0.5) is 4.39 Å². The van der Waals surface area contributed by atoms with Gasteiger partial charge >= 0.3 is 0 Å². The van der Waals surface area contributed by atoms with E-state index in [9.17, 15) is 9.50 Å². The highest BCUT2D eigenvalue weighted by Crippen LogP contribution is 2.29. The van der Waals surface area contributed by atoms with Gasteiger partial charge < -0.3 is 14.3 Å². The second-order valence-corrected chi connectivity index (χ2v) is 3.93. The number of aliphatic hydroxyl groups is 1. The average molecular weight is 238 g/mol. The first-order valence-electron chi connectivity index (χ1n) is 5.56. The molecule has 3 nitrogen and oxygen atoms in total. The first-order chi connectivity index (χ1) is 8.17. The molecule has 0 fully saturated rings. The summed E-state index contributed by atoms with van der Waals surface area (Å²) < 4.78 is 23.9. The largest absolute Gasteiger partial charge is 0.455 e. The maximum atomic E-state index is 13.4. The maximum absolute atomic E-state index is 13.4. The van der Waals surface area contributed by atoms with Gasteiger partial charge in [-0.15, -0.1) is 0 Å². The number of benzene rings is 1. The quantitative estimate of drug-likeness (QED) is 0.890. The lowest BCUT2D eigenvalue weighted by Gasteiger charge is -2.17. The van der Waals surface area contributed by atoms with E-state index in [1.807, 2.05) is 6.92 Å². The smallest absolute Gasteiger partial charge is 0.170 e. The Morgan fingerprint density at radius 1 is 1.47 bits per heavy atom. The highest BCUT2D eigenvalue weighted by molar-refractivity contribution is 5.78. The molecule has 0 aliphatic rings. The first-order valence-corrected chi connectivity index (χ1v) is 5.56. The highest BCUT2D eigenvalue weighted by Gasteiger charge is 2.23. The number of fused-ring (bicyclic) bond motifs is 1. The van der Waals surface area contributed by atoms with Crippen molar-refractivity contribution in [3.63, 3.8) is 0 Å². The molecular formula is C13H15FO3. The summed E-state index contributed by atoms with van der Waals surface area (Å²) in [5.41, 5.74) is 0.174. The molecule has 1 heterocycles. The Hall–Kier alpha value is -1.39. The minimum absolute atomic E-state index is 0.174. The highest BCUT2D eigenvalue weighted by atomic mass is 19.1. The molecule has 0 saturated heterocycles. The van der Waals surface area contributed by atoms with E-state index in [-0.39, 0.29) is 11.7 Å². The summed E-state index contributed by atoms with van der Waals surface area (Å²) in [4.78, 5) is 0. The van der Waals surface area contributed by atoms with Crippen LogP contribution in [-0.2, 0) is 4.74 Å². The third-order valence-corrected chi connectivity index (χ3v) is 2.86. The molecule has 2 unspecified atom stereocenters. The Labute approximate surface area is 98.8 Å². The third kappa shape index (κ3) is 2.18. The predicted molar refractivity (Wildman–Crippen MR) is 62.2 cm³/mol. The van der Waals surface area contributed by atoms with Crippen molar-refractivity contribution in [2.45, 2.75) is 25.6 Å². The van der Waals surface area contributed by atoms with E-state index in [0.29, 0.717) is 17.6 Å². The Balaban J connectivity index is 2.39. The van der Waals surface area contributed by atoms with Gasteiger partial charge in [-0.1, -0.05) is 19.1 Å². The zero-order valence-electron chi connectivity index (χ0n) is 9.81. The van der Waals surface area contributed by atoms with E-state index in [4.69, 9.17) is 9.15 Å². The molecule has 0 amide bonds. The summed E-state index contributed by atoms with van der Waals surface area (Å²) in [6.07, 6.45) is -0.576. The molecule has 2 rings (SSSR count). The molecular weight excluding hydrogens is 223 g/mol. The monoisotopic (exact) mass is 238 g/mol. The standard InChI is InChI=1S/C13H15FO3/c1-3-10(16-2)12(15)11-7-8-5-4-6-9(14)13(8)17-11/h4-7,10,12,15H,3H2,1-2H3. The van der Waals surface area contributed by atoms with Gasteiger partial charge in [-0.2, -0.15) is 0 Å². The lowest BCUT2D eigenvalue weighted by Crippen LogP contribution is -2.19. The minimum atomic E-state index is -0.878. The van der Waals surface area contributed by atoms with E-state index < -0.39 is 11.9 Å². The summed E-state index contributed by atoms with van der Waals surface area (Å²) in [6, 6.07) is 6.32. The Kier molecular flexibility index (Phi) is 3.45. The van der Waals surface area contributed by atoms with E-state index in [1.54, 1.807) is 18.2 Å². The molecule has 0 aliphatic heterocycles. The van der Waals surface area contributed by atoms with Crippen molar-refractivity contribution in [2.24, 2.45) is 0 Å². The van der Waals surface area contributed by atoms with Gasteiger partial charge in [0.1, 0.15) is 11.9 Å². The molecule has 0 radical (unpaired) electrons. The number of aliphatic hydroxyl groups excluding tert-OH is 1. The van der Waals surface area contributed by atoms with Crippen LogP contribution >= 0.6 is 0 Å². The topological polar surface area (TPSA) is 42.6 Å². The molecule has 2 atom stereocenters. The molecule has 0 spiro atoms. The normalized spacial score (nSPS) is 15.1. The summed E-state index contributed by atoms with van der Waals surface area (Å²) in [5.74, 6) is -0.0924. The fourth-order valence-corrected chi connectivity index (χ4v) is 1.90. The molecule has 1 N–H and O–H groups in total. The summed E-state index contributed by atoms with van der Waals surface area (Å²) in [5, 5.41) is 10.7. The fraction of sp³-hybridized carbons (Fsp3) is 0.385. The molecule has 0 bridgehead atoms. The Morgan fingerprint density at radius 3 is 2.82 bits per heavy atom. The van der Waals surface area contributed by atoms with E-state index in [0.717, 1.165) is 0 Å². The van der Waals surface area contributed by atoms with Crippen LogP contribution in [0.2, 0.25) is 0 Å². The number of furan rings is 1. The van der Waals surface area contributed by atoms with Crippen LogP contribution in [0.1, 0.15) is 25.2 Å². The first kappa shape index (κ1) is 12.1. The maximum Gasteiger partial charge on any atom is 0.170 e. The lowest BCUT2D eigenvalue weighted by atomic mass is 10.1. The molecule has 0 saturated carbocycles. The van der Waals surface area contributed by atoms with E-state index in [2.05, 4.69) is 0 Å². The number of rotatable bonds is 4. The molecule has 92 valence electrons. The van der Waals surface area contributed by atoms with Crippen molar-refractivity contribution < 1.29 is 18.7 Å². The van der Waals surface area contributed by atoms with Crippen molar-refractivity contribution in [3.8, 4) is 0 Å². The second-order valence-electron chi connectivity index (χ2n) is 3.93. The van der Waals surface area contributed by atoms with Gasteiger partial charge in [0, 0.05) is 12.5 Å². The molecule has 1 aromatic carbocycles. The van der Waals surface area contributed by atoms with Gasteiger partial charge in [-0.3, -0.25) is 0 Å². The van der Waals surface area contributed by atoms with Crippen molar-refractivity contribution in [1.82, 2.24) is 0 Å². The summed E-state index contributed by atoms with van der Waals surface area (Å²) in [6.45, 7) is 1.90. The van der Waals surface area contributed by atoms with Crippen LogP contribution in [0.15, 0.2) is 28.7 Å². The van der Waals surface area contributed by atoms with E-state index >= 15 is 0 Å². The number of hydrogen-bond donors (Lipinski definition) is 1. The van der Waals surface area contributed by atoms with Crippen LogP contribution in [-0.4, -0.2) is 18.3 Å². The molecule has 17 heavy (non-hydrogen) atoms. The average Bonchev–Trinajstić information content (AvgIpc) is 2.76. The number of hydrogen-bond acceptors (Lipinski definition) is 3. The zero-order chi connectivity index (χ0) is 12.4. The Morgan fingerprint density at radius 2 is 2.24 bits per heavy atom. The molecule has 0 aliphatic carbocycles. The van der Waals surface area contributed by atoms with Crippen molar-refractivity contribution in [2.75, 3.05) is 7.11 Å². The number of methoxy groups -OCH3 is 1. The summed E-state index contributed by atoms with van der Waals surface area (Å²) >= 11 is 0. The van der Waals surface area contributed by atoms with Crippen LogP contribution in [0.5, 0.6) is 0 Å². The van der Waals surface area contributed by atoms with Crippen LogP contribution in [0, 0.1) is 5.82 Å². The zero-order valence-corrected chi connectivity index (χ0v) is 9.81. The predicted octanol–water partition coefficient (Wildman–Crippen LogP) is 3.03. The van der Waals surface area contributed by atoms with Crippen molar-refractivity contribution >= 4 is 11.0 Å². The number of ether oxygens (including phenoxy) is 1. The van der Waals surface area contributed by atoms with Gasteiger partial charge in [-0.25, -0.2) is 4.39 Å². The van der Waals surface area contributed by atoms with Crippen molar-refractivity contribution in [3.05, 3.63) is 35.8 Å². The van der Waals surface area contributed by atoms with Gasteiger partial charge in [0.2, 0.25) is 0 Å². The van der Waals surface area contributed by atoms with E-state index in [1.165, 1.54) is 13.2 Å². The minimum Gasteiger partial charge on any atom is -0.455 e. The molecule has 4 heteroatoms. The van der Waals surface area contributed by atoms with Crippen molar-refractivity contribution in [1.29, 1.82) is 0 Å². The van der Waals surface area contributed by atoms with Gasteiger partial charge in [-0.05, 0) is 18.6 Å². The summed E-state index contributed by atoms with van der Waals surface area (Å²) in [7, 11) is 1.53. The molecule has 2 aromatic rings. The van der Waals surface area contributed by atoms with Crippen LogP contribution in [0.3, 0.4) is 0 Å². The number of halogens is 1. The van der Waals surface area contributed by atoms with Gasteiger partial charge in [0.25, 0.3) is 0 Å².